The van der Waals surface area contributed by atoms with Crippen molar-refractivity contribution in [2.75, 3.05) is 13.3 Å². The minimum atomic E-state index is 0.725. The van der Waals surface area contributed by atoms with Gasteiger partial charge in [0.15, 0.2) is 5.89 Å². The summed E-state index contributed by atoms with van der Waals surface area (Å²) in [5.74, 6) is 0.725. The lowest BCUT2D eigenvalue weighted by Crippen LogP contribution is -2.17. The quantitative estimate of drug-likeness (QED) is 0.773. The topological polar surface area (TPSA) is 29.3 Å². The lowest BCUT2D eigenvalue weighted by Gasteiger charge is -2.15. The minimum Gasteiger partial charge on any atom is -0.449 e. The summed E-state index contributed by atoms with van der Waals surface area (Å²) < 4.78 is 5.21. The molecule has 2 aromatic rings. The molecule has 0 radical (unpaired) electrons. The average molecular weight is 262 g/mol. The summed E-state index contributed by atoms with van der Waals surface area (Å²) in [5.41, 5.74) is 2.31. The summed E-state index contributed by atoms with van der Waals surface area (Å²) >= 11 is 1.77. The van der Waals surface area contributed by atoms with Crippen molar-refractivity contribution in [3.05, 3.63) is 47.7 Å². The standard InChI is InChI=1S/C14H18N2OS/c1-11-15-13(10-17-11)9-16(2)8-12-5-4-6-14(7-12)18-3/h4-7,10H,8-9H2,1-3H3. The molecule has 1 aromatic carbocycles. The normalized spacial score (nSPS) is 11.1. The molecule has 0 spiro atoms. The van der Waals surface area contributed by atoms with Gasteiger partial charge >= 0.3 is 0 Å². The molecule has 1 heterocycles. The van der Waals surface area contributed by atoms with Crippen LogP contribution in [0, 0.1) is 6.92 Å². The van der Waals surface area contributed by atoms with Crippen LogP contribution in [0.1, 0.15) is 17.1 Å². The van der Waals surface area contributed by atoms with Crippen LogP contribution in [0.3, 0.4) is 0 Å². The third-order valence-corrected chi connectivity index (χ3v) is 3.41. The van der Waals surface area contributed by atoms with Crippen molar-refractivity contribution in [3.63, 3.8) is 0 Å². The number of benzene rings is 1. The highest BCUT2D eigenvalue weighted by Crippen LogP contribution is 2.17. The Morgan fingerprint density at radius 3 is 2.83 bits per heavy atom. The van der Waals surface area contributed by atoms with E-state index >= 15 is 0 Å². The van der Waals surface area contributed by atoms with Gasteiger partial charge in [0.25, 0.3) is 0 Å². The number of nitrogens with zero attached hydrogens (tertiary/aromatic N) is 2. The van der Waals surface area contributed by atoms with Crippen LogP contribution < -0.4 is 0 Å². The van der Waals surface area contributed by atoms with E-state index in [9.17, 15) is 0 Å². The van der Waals surface area contributed by atoms with Gasteiger partial charge in [-0.1, -0.05) is 12.1 Å². The predicted molar refractivity (Wildman–Crippen MR) is 74.6 cm³/mol. The molecule has 0 atom stereocenters. The zero-order chi connectivity index (χ0) is 13.0. The van der Waals surface area contributed by atoms with Crippen molar-refractivity contribution in [2.24, 2.45) is 0 Å². The number of thioether (sulfide) groups is 1. The number of rotatable bonds is 5. The van der Waals surface area contributed by atoms with Crippen molar-refractivity contribution in [1.29, 1.82) is 0 Å². The maximum atomic E-state index is 5.21. The zero-order valence-corrected chi connectivity index (χ0v) is 11.8. The fraction of sp³-hybridized carbons (Fsp3) is 0.357. The molecule has 0 saturated carbocycles. The fourth-order valence-corrected chi connectivity index (χ4v) is 2.38. The third-order valence-electron chi connectivity index (χ3n) is 2.69. The molecule has 0 amide bonds. The highest BCUT2D eigenvalue weighted by Gasteiger charge is 2.05. The Bertz CT molecular complexity index is 510. The van der Waals surface area contributed by atoms with Gasteiger partial charge in [0, 0.05) is 24.9 Å². The lowest BCUT2D eigenvalue weighted by molar-refractivity contribution is 0.314. The molecule has 4 heteroatoms. The monoisotopic (exact) mass is 262 g/mol. The second-order valence-corrected chi connectivity index (χ2v) is 5.26. The number of oxazole rings is 1. The Morgan fingerprint density at radius 1 is 1.33 bits per heavy atom. The Kier molecular flexibility index (Phi) is 4.44. The Labute approximate surface area is 112 Å². The summed E-state index contributed by atoms with van der Waals surface area (Å²) in [4.78, 5) is 7.85. The van der Waals surface area contributed by atoms with Crippen LogP contribution in [0.5, 0.6) is 0 Å². The molecular weight excluding hydrogens is 244 g/mol. The molecule has 0 saturated heterocycles. The minimum absolute atomic E-state index is 0.725. The summed E-state index contributed by atoms with van der Waals surface area (Å²) in [6.07, 6.45) is 3.82. The molecule has 96 valence electrons. The molecule has 0 aliphatic carbocycles. The number of hydrogen-bond acceptors (Lipinski definition) is 4. The Morgan fingerprint density at radius 2 is 2.17 bits per heavy atom. The first-order chi connectivity index (χ1) is 8.67. The molecule has 0 bridgehead atoms. The van der Waals surface area contributed by atoms with Crippen molar-refractivity contribution in [3.8, 4) is 0 Å². The molecule has 18 heavy (non-hydrogen) atoms. The van der Waals surface area contributed by atoms with Gasteiger partial charge in [-0.3, -0.25) is 4.90 Å². The van der Waals surface area contributed by atoms with Gasteiger partial charge in [-0.05, 0) is 31.0 Å². The van der Waals surface area contributed by atoms with E-state index in [0.717, 1.165) is 24.7 Å². The van der Waals surface area contributed by atoms with E-state index in [1.54, 1.807) is 18.0 Å². The molecule has 0 fully saturated rings. The largest absolute Gasteiger partial charge is 0.449 e. The first-order valence-electron chi connectivity index (χ1n) is 5.90. The number of hydrogen-bond donors (Lipinski definition) is 0. The van der Waals surface area contributed by atoms with Crippen molar-refractivity contribution >= 4 is 11.8 Å². The number of aryl methyl sites for hydroxylation is 1. The maximum absolute atomic E-state index is 5.21. The van der Waals surface area contributed by atoms with Crippen molar-refractivity contribution in [1.82, 2.24) is 9.88 Å². The molecule has 2 rings (SSSR count). The predicted octanol–water partition coefficient (Wildman–Crippen LogP) is 3.34. The van der Waals surface area contributed by atoms with E-state index in [-0.39, 0.29) is 0 Å². The molecule has 0 aliphatic rings. The second-order valence-electron chi connectivity index (χ2n) is 4.38. The molecular formula is C14H18N2OS. The highest BCUT2D eigenvalue weighted by atomic mass is 32.2. The second kappa shape index (κ2) is 6.07. The number of aromatic nitrogens is 1. The molecule has 0 aliphatic heterocycles. The Hall–Kier alpha value is -1.26. The van der Waals surface area contributed by atoms with E-state index in [4.69, 9.17) is 4.42 Å². The van der Waals surface area contributed by atoms with Gasteiger partial charge in [-0.25, -0.2) is 4.98 Å². The van der Waals surface area contributed by atoms with Crippen LogP contribution in [0.25, 0.3) is 0 Å². The van der Waals surface area contributed by atoms with E-state index in [0.29, 0.717) is 0 Å². The van der Waals surface area contributed by atoms with Crippen LogP contribution in [-0.4, -0.2) is 23.2 Å². The van der Waals surface area contributed by atoms with E-state index < -0.39 is 0 Å². The van der Waals surface area contributed by atoms with E-state index in [2.05, 4.69) is 47.5 Å². The Balaban J connectivity index is 1.96. The first kappa shape index (κ1) is 13.2. The lowest BCUT2D eigenvalue weighted by atomic mass is 10.2. The highest BCUT2D eigenvalue weighted by molar-refractivity contribution is 7.98. The van der Waals surface area contributed by atoms with Crippen LogP contribution in [0.2, 0.25) is 0 Å². The van der Waals surface area contributed by atoms with Gasteiger partial charge in [0.2, 0.25) is 0 Å². The fourth-order valence-electron chi connectivity index (χ4n) is 1.90. The van der Waals surface area contributed by atoms with Gasteiger partial charge in [-0.2, -0.15) is 0 Å². The smallest absolute Gasteiger partial charge is 0.191 e. The summed E-state index contributed by atoms with van der Waals surface area (Å²) in [5, 5.41) is 0. The molecule has 1 aromatic heterocycles. The van der Waals surface area contributed by atoms with E-state index in [1.165, 1.54) is 10.5 Å². The van der Waals surface area contributed by atoms with Gasteiger partial charge in [0.05, 0.1) is 5.69 Å². The molecule has 0 N–H and O–H groups in total. The van der Waals surface area contributed by atoms with Crippen LogP contribution >= 0.6 is 11.8 Å². The van der Waals surface area contributed by atoms with Crippen LogP contribution in [-0.2, 0) is 13.1 Å². The third kappa shape index (κ3) is 3.62. The first-order valence-corrected chi connectivity index (χ1v) is 7.12. The average Bonchev–Trinajstić information content (AvgIpc) is 2.74. The SMILES string of the molecule is CSc1cccc(CN(C)Cc2coc(C)n2)c1. The van der Waals surface area contributed by atoms with Crippen molar-refractivity contribution in [2.45, 2.75) is 24.9 Å². The summed E-state index contributed by atoms with van der Waals surface area (Å²) in [6, 6.07) is 8.63. The zero-order valence-electron chi connectivity index (χ0n) is 11.0. The van der Waals surface area contributed by atoms with Crippen LogP contribution in [0.4, 0.5) is 0 Å². The van der Waals surface area contributed by atoms with Crippen LogP contribution in [0.15, 0.2) is 39.8 Å². The van der Waals surface area contributed by atoms with Crippen molar-refractivity contribution < 1.29 is 4.42 Å². The van der Waals surface area contributed by atoms with E-state index in [1.807, 2.05) is 6.92 Å². The molecule has 3 nitrogen and oxygen atoms in total. The maximum Gasteiger partial charge on any atom is 0.191 e. The summed E-state index contributed by atoms with van der Waals surface area (Å²) in [7, 11) is 2.09. The van der Waals surface area contributed by atoms with Gasteiger partial charge in [-0.15, -0.1) is 11.8 Å². The van der Waals surface area contributed by atoms with Gasteiger partial charge < -0.3 is 4.42 Å². The molecule has 0 unspecified atom stereocenters. The summed E-state index contributed by atoms with van der Waals surface area (Å²) in [6.45, 7) is 3.59. The van der Waals surface area contributed by atoms with Gasteiger partial charge in [0.1, 0.15) is 6.26 Å².